The highest BCUT2D eigenvalue weighted by atomic mass is 35.5. The molecule has 1 saturated heterocycles. The van der Waals surface area contributed by atoms with Crippen molar-refractivity contribution in [2.45, 2.75) is 19.4 Å². The molecule has 1 aliphatic heterocycles. The lowest BCUT2D eigenvalue weighted by molar-refractivity contribution is -0.0300. The van der Waals surface area contributed by atoms with Gasteiger partial charge in [0.2, 0.25) is 0 Å². The van der Waals surface area contributed by atoms with Gasteiger partial charge >= 0.3 is 0 Å². The quantitative estimate of drug-likeness (QED) is 0.573. The molecule has 1 atom stereocenters. The fraction of sp³-hybridized carbons (Fsp3) is 1.00. The van der Waals surface area contributed by atoms with Crippen molar-refractivity contribution in [3.05, 3.63) is 0 Å². The van der Waals surface area contributed by atoms with Gasteiger partial charge in [-0.05, 0) is 6.42 Å². The number of hydrogen-bond acceptors (Lipinski definition) is 3. The predicted molar refractivity (Wildman–Crippen MR) is 43.0 cm³/mol. The Bertz CT molecular complexity index is 91.8. The maximum absolute atomic E-state index is 5.55. The summed E-state index contributed by atoms with van der Waals surface area (Å²) in [6.45, 7) is 4.66. The predicted octanol–water partition coefficient (Wildman–Crippen LogP) is 0.393. The van der Waals surface area contributed by atoms with Gasteiger partial charge in [-0.15, -0.1) is 12.4 Å². The summed E-state index contributed by atoms with van der Waals surface area (Å²) in [6, 6.07) is 0. The zero-order valence-corrected chi connectivity index (χ0v) is 7.06. The van der Waals surface area contributed by atoms with Crippen LogP contribution in [0.1, 0.15) is 13.3 Å². The van der Waals surface area contributed by atoms with Gasteiger partial charge in [0, 0.05) is 13.1 Å². The summed E-state index contributed by atoms with van der Waals surface area (Å²) in [5, 5.41) is 1.82. The molecular formula is C6H15ClN2O. The van der Waals surface area contributed by atoms with Crippen LogP contribution in [0.4, 0.5) is 0 Å². The van der Waals surface area contributed by atoms with Crippen LogP contribution in [0, 0.1) is 0 Å². The van der Waals surface area contributed by atoms with Crippen LogP contribution in [0.15, 0.2) is 0 Å². The summed E-state index contributed by atoms with van der Waals surface area (Å²) in [6.07, 6.45) is 1.43. The minimum atomic E-state index is 0. The van der Waals surface area contributed by atoms with Crippen LogP contribution in [-0.2, 0) is 4.74 Å². The van der Waals surface area contributed by atoms with E-state index in [0.717, 1.165) is 26.1 Å². The minimum absolute atomic E-state index is 0. The molecule has 10 heavy (non-hydrogen) atoms. The SMILES string of the molecule is CCC1CN(N)CCO1.Cl. The van der Waals surface area contributed by atoms with Gasteiger partial charge in [-0.2, -0.15) is 0 Å². The molecule has 3 nitrogen and oxygen atoms in total. The number of rotatable bonds is 1. The Hall–Kier alpha value is 0.170. The summed E-state index contributed by atoms with van der Waals surface area (Å²) >= 11 is 0. The Morgan fingerprint density at radius 3 is 2.80 bits per heavy atom. The molecule has 62 valence electrons. The van der Waals surface area contributed by atoms with Crippen LogP contribution in [0.2, 0.25) is 0 Å². The second-order valence-electron chi connectivity index (χ2n) is 2.40. The second-order valence-corrected chi connectivity index (χ2v) is 2.40. The molecule has 0 radical (unpaired) electrons. The van der Waals surface area contributed by atoms with Gasteiger partial charge in [0.25, 0.3) is 0 Å². The summed E-state index contributed by atoms with van der Waals surface area (Å²) in [7, 11) is 0. The van der Waals surface area contributed by atoms with E-state index in [-0.39, 0.29) is 12.4 Å². The average molecular weight is 167 g/mol. The first-order valence-corrected chi connectivity index (χ1v) is 3.44. The van der Waals surface area contributed by atoms with Crippen molar-refractivity contribution in [2.24, 2.45) is 5.84 Å². The first kappa shape index (κ1) is 10.2. The highest BCUT2D eigenvalue weighted by molar-refractivity contribution is 5.85. The van der Waals surface area contributed by atoms with Gasteiger partial charge in [0.15, 0.2) is 0 Å². The Morgan fingerprint density at radius 2 is 2.40 bits per heavy atom. The molecule has 4 heteroatoms. The van der Waals surface area contributed by atoms with E-state index >= 15 is 0 Å². The number of morpholine rings is 1. The van der Waals surface area contributed by atoms with Gasteiger partial charge in [-0.25, -0.2) is 5.01 Å². The summed E-state index contributed by atoms with van der Waals surface area (Å²) in [5.74, 6) is 5.55. The number of hydrogen-bond donors (Lipinski definition) is 1. The normalized spacial score (nSPS) is 27.6. The van der Waals surface area contributed by atoms with Crippen LogP contribution in [0.25, 0.3) is 0 Å². The summed E-state index contributed by atoms with van der Waals surface area (Å²) in [5.41, 5.74) is 0. The number of ether oxygens (including phenoxy) is 1. The highest BCUT2D eigenvalue weighted by Crippen LogP contribution is 2.03. The highest BCUT2D eigenvalue weighted by Gasteiger charge is 2.15. The molecule has 0 aliphatic carbocycles. The van der Waals surface area contributed by atoms with Crippen LogP contribution in [-0.4, -0.2) is 30.8 Å². The van der Waals surface area contributed by atoms with Crippen molar-refractivity contribution in [3.63, 3.8) is 0 Å². The third-order valence-electron chi connectivity index (χ3n) is 1.63. The van der Waals surface area contributed by atoms with Crippen molar-refractivity contribution in [2.75, 3.05) is 19.7 Å². The molecule has 1 aliphatic rings. The number of nitrogens with two attached hydrogens (primary N) is 1. The smallest absolute Gasteiger partial charge is 0.0714 e. The Balaban J connectivity index is 0.000000810. The zero-order chi connectivity index (χ0) is 6.69. The van der Waals surface area contributed by atoms with Crippen molar-refractivity contribution < 1.29 is 4.74 Å². The molecule has 0 aromatic carbocycles. The van der Waals surface area contributed by atoms with Crippen LogP contribution >= 0.6 is 12.4 Å². The van der Waals surface area contributed by atoms with E-state index < -0.39 is 0 Å². The van der Waals surface area contributed by atoms with Crippen molar-refractivity contribution in [3.8, 4) is 0 Å². The van der Waals surface area contributed by atoms with Gasteiger partial charge < -0.3 is 4.74 Å². The van der Waals surface area contributed by atoms with Crippen molar-refractivity contribution in [1.29, 1.82) is 0 Å². The molecule has 0 aromatic rings. The van der Waals surface area contributed by atoms with Crippen LogP contribution in [0.5, 0.6) is 0 Å². The zero-order valence-electron chi connectivity index (χ0n) is 6.25. The van der Waals surface area contributed by atoms with E-state index in [2.05, 4.69) is 6.92 Å². The van der Waals surface area contributed by atoms with Gasteiger partial charge in [-0.1, -0.05) is 6.92 Å². The molecule has 1 fully saturated rings. The van der Waals surface area contributed by atoms with E-state index in [9.17, 15) is 0 Å². The van der Waals surface area contributed by atoms with Gasteiger partial charge in [0.05, 0.1) is 12.7 Å². The molecule has 0 spiro atoms. The lowest BCUT2D eigenvalue weighted by Gasteiger charge is -2.28. The number of nitrogens with zero attached hydrogens (tertiary/aromatic N) is 1. The summed E-state index contributed by atoms with van der Waals surface area (Å²) < 4.78 is 5.38. The molecule has 2 N–H and O–H groups in total. The molecule has 0 bridgehead atoms. The largest absolute Gasteiger partial charge is 0.375 e. The van der Waals surface area contributed by atoms with Crippen LogP contribution < -0.4 is 5.84 Å². The molecule has 1 unspecified atom stereocenters. The molecule has 0 amide bonds. The Labute approximate surface area is 67.9 Å². The standard InChI is InChI=1S/C6H14N2O.ClH/c1-2-6-5-8(7)3-4-9-6;/h6H,2-5,7H2,1H3;1H. The summed E-state index contributed by atoms with van der Waals surface area (Å²) in [4.78, 5) is 0. The van der Waals surface area contributed by atoms with Gasteiger partial charge in [-0.3, -0.25) is 5.84 Å². The monoisotopic (exact) mass is 166 g/mol. The first-order valence-electron chi connectivity index (χ1n) is 3.44. The van der Waals surface area contributed by atoms with Gasteiger partial charge in [0.1, 0.15) is 0 Å². The molecule has 0 saturated carbocycles. The van der Waals surface area contributed by atoms with E-state index in [1.807, 2.05) is 5.01 Å². The molecule has 1 rings (SSSR count). The Morgan fingerprint density at radius 1 is 1.70 bits per heavy atom. The van der Waals surface area contributed by atoms with E-state index in [1.54, 1.807) is 0 Å². The van der Waals surface area contributed by atoms with Crippen LogP contribution in [0.3, 0.4) is 0 Å². The molecular weight excluding hydrogens is 152 g/mol. The molecule has 1 heterocycles. The van der Waals surface area contributed by atoms with E-state index in [1.165, 1.54) is 0 Å². The maximum Gasteiger partial charge on any atom is 0.0714 e. The van der Waals surface area contributed by atoms with Crippen molar-refractivity contribution in [1.82, 2.24) is 5.01 Å². The van der Waals surface area contributed by atoms with E-state index in [0.29, 0.717) is 6.10 Å². The maximum atomic E-state index is 5.55. The lowest BCUT2D eigenvalue weighted by atomic mass is 10.2. The number of halogens is 1. The number of hydrazine groups is 1. The third-order valence-corrected chi connectivity index (χ3v) is 1.63. The molecule has 0 aromatic heterocycles. The topological polar surface area (TPSA) is 38.5 Å². The fourth-order valence-corrected chi connectivity index (χ4v) is 0.989. The second kappa shape index (κ2) is 4.91. The van der Waals surface area contributed by atoms with E-state index in [4.69, 9.17) is 10.6 Å². The van der Waals surface area contributed by atoms with Crippen molar-refractivity contribution >= 4 is 12.4 Å². The third kappa shape index (κ3) is 2.84. The minimum Gasteiger partial charge on any atom is -0.375 e. The fourth-order valence-electron chi connectivity index (χ4n) is 0.989. The Kier molecular flexibility index (Phi) is 4.99. The first-order chi connectivity index (χ1) is 4.33. The lowest BCUT2D eigenvalue weighted by Crippen LogP contribution is -2.45. The average Bonchev–Trinajstić information content (AvgIpc) is 1.88.